The number of fused-ring (bicyclic) bond motifs is 1. The third kappa shape index (κ3) is 3.45. The van der Waals surface area contributed by atoms with Crippen LogP contribution in [-0.2, 0) is 13.0 Å². The van der Waals surface area contributed by atoms with E-state index in [1.165, 1.54) is 35.2 Å². The fourth-order valence-electron chi connectivity index (χ4n) is 3.05. The Bertz CT molecular complexity index is 577. The smallest absolute Gasteiger partial charge is 0.0418 e. The van der Waals surface area contributed by atoms with E-state index in [9.17, 15) is 0 Å². The fourth-order valence-corrected chi connectivity index (χ4v) is 3.05. The van der Waals surface area contributed by atoms with Gasteiger partial charge in [-0.2, -0.15) is 0 Å². The number of anilines is 1. The summed E-state index contributed by atoms with van der Waals surface area (Å²) >= 11 is 0. The summed E-state index contributed by atoms with van der Waals surface area (Å²) in [5.74, 6) is 0.540. The van der Waals surface area contributed by atoms with Crippen molar-refractivity contribution in [3.63, 3.8) is 0 Å². The van der Waals surface area contributed by atoms with Gasteiger partial charge in [0, 0.05) is 25.3 Å². The third-order valence-corrected chi connectivity index (χ3v) is 4.30. The SMILES string of the molecule is CC(CNCc1cccc2c1NCCC2)c1ccccc1. The van der Waals surface area contributed by atoms with Crippen molar-refractivity contribution in [3.8, 4) is 0 Å². The molecule has 21 heavy (non-hydrogen) atoms. The molecule has 0 aromatic heterocycles. The van der Waals surface area contributed by atoms with E-state index in [-0.39, 0.29) is 0 Å². The zero-order valence-electron chi connectivity index (χ0n) is 12.7. The summed E-state index contributed by atoms with van der Waals surface area (Å²) in [6.45, 7) is 5.33. The molecule has 2 aromatic rings. The Morgan fingerprint density at radius 3 is 2.81 bits per heavy atom. The molecule has 3 rings (SSSR count). The molecule has 0 spiro atoms. The molecule has 0 radical (unpaired) electrons. The maximum atomic E-state index is 3.61. The number of hydrogen-bond donors (Lipinski definition) is 2. The largest absolute Gasteiger partial charge is 0.385 e. The highest BCUT2D eigenvalue weighted by Gasteiger charge is 2.12. The van der Waals surface area contributed by atoms with Gasteiger partial charge in [0.15, 0.2) is 0 Å². The molecule has 1 unspecified atom stereocenters. The predicted molar refractivity (Wildman–Crippen MR) is 89.8 cm³/mol. The summed E-state index contributed by atoms with van der Waals surface area (Å²) in [5, 5.41) is 7.17. The molecule has 1 aliphatic heterocycles. The van der Waals surface area contributed by atoms with Crippen LogP contribution >= 0.6 is 0 Å². The van der Waals surface area contributed by atoms with E-state index < -0.39 is 0 Å². The maximum Gasteiger partial charge on any atom is 0.0418 e. The first-order chi connectivity index (χ1) is 10.3. The molecule has 0 fully saturated rings. The molecule has 2 aromatic carbocycles. The highest BCUT2D eigenvalue weighted by Crippen LogP contribution is 2.26. The lowest BCUT2D eigenvalue weighted by molar-refractivity contribution is 0.614. The first-order valence-electron chi connectivity index (χ1n) is 7.95. The molecule has 110 valence electrons. The molecule has 0 aliphatic carbocycles. The van der Waals surface area contributed by atoms with Crippen LogP contribution in [0.25, 0.3) is 0 Å². The van der Waals surface area contributed by atoms with Crippen molar-refractivity contribution < 1.29 is 0 Å². The van der Waals surface area contributed by atoms with Gasteiger partial charge in [-0.15, -0.1) is 0 Å². The van der Waals surface area contributed by atoms with Crippen molar-refractivity contribution in [1.82, 2.24) is 5.32 Å². The van der Waals surface area contributed by atoms with Crippen LogP contribution in [0.4, 0.5) is 5.69 Å². The Labute approximate surface area is 127 Å². The van der Waals surface area contributed by atoms with E-state index in [0.29, 0.717) is 5.92 Å². The molecule has 0 bridgehead atoms. The van der Waals surface area contributed by atoms with Crippen molar-refractivity contribution in [2.24, 2.45) is 0 Å². The van der Waals surface area contributed by atoms with Gasteiger partial charge in [0.2, 0.25) is 0 Å². The van der Waals surface area contributed by atoms with Crippen LogP contribution in [0.2, 0.25) is 0 Å². The van der Waals surface area contributed by atoms with Crippen LogP contribution < -0.4 is 10.6 Å². The van der Waals surface area contributed by atoms with Crippen LogP contribution in [0.3, 0.4) is 0 Å². The van der Waals surface area contributed by atoms with E-state index in [4.69, 9.17) is 0 Å². The monoisotopic (exact) mass is 280 g/mol. The highest BCUT2D eigenvalue weighted by atomic mass is 14.9. The molecule has 2 N–H and O–H groups in total. The average Bonchev–Trinajstić information content (AvgIpc) is 2.56. The van der Waals surface area contributed by atoms with Gasteiger partial charge < -0.3 is 10.6 Å². The first-order valence-corrected chi connectivity index (χ1v) is 7.95. The Morgan fingerprint density at radius 1 is 1.10 bits per heavy atom. The summed E-state index contributed by atoms with van der Waals surface area (Å²) in [6, 6.07) is 17.4. The molecule has 0 saturated carbocycles. The maximum absolute atomic E-state index is 3.61. The minimum absolute atomic E-state index is 0.540. The Morgan fingerprint density at radius 2 is 1.95 bits per heavy atom. The van der Waals surface area contributed by atoms with Gasteiger partial charge >= 0.3 is 0 Å². The Balaban J connectivity index is 1.59. The molecule has 2 heteroatoms. The lowest BCUT2D eigenvalue weighted by atomic mass is 9.99. The molecule has 1 aliphatic rings. The number of rotatable bonds is 5. The van der Waals surface area contributed by atoms with E-state index in [1.54, 1.807) is 0 Å². The van der Waals surface area contributed by atoms with Gasteiger partial charge in [-0.1, -0.05) is 55.5 Å². The minimum Gasteiger partial charge on any atom is -0.385 e. The summed E-state index contributed by atoms with van der Waals surface area (Å²) in [5.41, 5.74) is 5.63. The molecule has 1 atom stereocenters. The fraction of sp³-hybridized carbons (Fsp3) is 0.368. The highest BCUT2D eigenvalue weighted by molar-refractivity contribution is 5.59. The van der Waals surface area contributed by atoms with E-state index in [2.05, 4.69) is 66.1 Å². The lowest BCUT2D eigenvalue weighted by Gasteiger charge is -2.22. The average molecular weight is 280 g/mol. The molecule has 0 amide bonds. The van der Waals surface area contributed by atoms with Gasteiger partial charge in [0.1, 0.15) is 0 Å². The van der Waals surface area contributed by atoms with Gasteiger partial charge in [0.25, 0.3) is 0 Å². The second-order valence-corrected chi connectivity index (χ2v) is 5.92. The first kappa shape index (κ1) is 14.2. The van der Waals surface area contributed by atoms with Crippen LogP contribution in [-0.4, -0.2) is 13.1 Å². The summed E-state index contributed by atoms with van der Waals surface area (Å²) in [4.78, 5) is 0. The van der Waals surface area contributed by atoms with Gasteiger partial charge in [0.05, 0.1) is 0 Å². The zero-order valence-corrected chi connectivity index (χ0v) is 12.7. The third-order valence-electron chi connectivity index (χ3n) is 4.30. The van der Waals surface area contributed by atoms with Crippen molar-refractivity contribution >= 4 is 5.69 Å². The summed E-state index contributed by atoms with van der Waals surface area (Å²) in [6.07, 6.45) is 2.45. The topological polar surface area (TPSA) is 24.1 Å². The van der Waals surface area contributed by atoms with Crippen molar-refractivity contribution in [2.45, 2.75) is 32.2 Å². The van der Waals surface area contributed by atoms with E-state index in [0.717, 1.165) is 19.6 Å². The van der Waals surface area contributed by atoms with E-state index in [1.807, 2.05) is 0 Å². The van der Waals surface area contributed by atoms with Crippen LogP contribution in [0.5, 0.6) is 0 Å². The quantitative estimate of drug-likeness (QED) is 0.867. The molecule has 1 heterocycles. The Hall–Kier alpha value is -1.80. The van der Waals surface area contributed by atoms with Gasteiger partial charge in [-0.3, -0.25) is 0 Å². The van der Waals surface area contributed by atoms with Crippen LogP contribution in [0.1, 0.15) is 36.0 Å². The standard InChI is InChI=1S/C19H24N2/c1-15(16-7-3-2-4-8-16)13-20-14-18-10-5-9-17-11-6-12-21-19(17)18/h2-5,7-10,15,20-21H,6,11-14H2,1H3. The van der Waals surface area contributed by atoms with E-state index >= 15 is 0 Å². The number of benzene rings is 2. The van der Waals surface area contributed by atoms with Crippen molar-refractivity contribution in [2.75, 3.05) is 18.4 Å². The molecular weight excluding hydrogens is 256 g/mol. The van der Waals surface area contributed by atoms with Crippen LogP contribution in [0.15, 0.2) is 48.5 Å². The molecule has 0 saturated heterocycles. The van der Waals surface area contributed by atoms with Gasteiger partial charge in [-0.25, -0.2) is 0 Å². The molecule has 2 nitrogen and oxygen atoms in total. The lowest BCUT2D eigenvalue weighted by Crippen LogP contribution is -2.22. The predicted octanol–water partition coefficient (Wildman–Crippen LogP) is 3.94. The van der Waals surface area contributed by atoms with Crippen molar-refractivity contribution in [3.05, 3.63) is 65.2 Å². The van der Waals surface area contributed by atoms with Crippen molar-refractivity contribution in [1.29, 1.82) is 0 Å². The zero-order chi connectivity index (χ0) is 14.5. The Kier molecular flexibility index (Phi) is 4.56. The second kappa shape index (κ2) is 6.77. The number of para-hydroxylation sites is 1. The number of aryl methyl sites for hydroxylation is 1. The summed E-state index contributed by atoms with van der Waals surface area (Å²) in [7, 11) is 0. The van der Waals surface area contributed by atoms with Gasteiger partial charge in [-0.05, 0) is 35.4 Å². The summed E-state index contributed by atoms with van der Waals surface area (Å²) < 4.78 is 0. The number of hydrogen-bond acceptors (Lipinski definition) is 2. The molecular formula is C19H24N2. The number of nitrogens with one attached hydrogen (secondary N) is 2. The minimum atomic E-state index is 0.540. The normalized spacial score (nSPS) is 15.1. The second-order valence-electron chi connectivity index (χ2n) is 5.92. The van der Waals surface area contributed by atoms with Crippen LogP contribution in [0, 0.1) is 0 Å².